The van der Waals surface area contributed by atoms with Crippen molar-refractivity contribution in [2.24, 2.45) is 5.92 Å². The van der Waals surface area contributed by atoms with Gasteiger partial charge in [0, 0.05) is 16.9 Å². The van der Waals surface area contributed by atoms with Gasteiger partial charge in [0.05, 0.1) is 17.5 Å². The molecular formula is C22H26Cl2N2O3. The van der Waals surface area contributed by atoms with Crippen molar-refractivity contribution in [2.75, 3.05) is 27.2 Å². The molecule has 1 aliphatic carbocycles. The van der Waals surface area contributed by atoms with Gasteiger partial charge in [-0.25, -0.2) is 0 Å². The van der Waals surface area contributed by atoms with Crippen LogP contribution >= 0.6 is 23.2 Å². The summed E-state index contributed by atoms with van der Waals surface area (Å²) in [5.74, 6) is -0.188. The van der Waals surface area contributed by atoms with Crippen LogP contribution in [-0.2, 0) is 14.3 Å². The minimum atomic E-state index is -0.430. The highest BCUT2D eigenvalue weighted by Crippen LogP contribution is 2.47. The largest absolute Gasteiger partial charge is 0.483 e. The fraction of sp³-hybridized carbons (Fsp3) is 0.545. The van der Waals surface area contributed by atoms with E-state index in [0.717, 1.165) is 24.9 Å². The molecule has 29 heavy (non-hydrogen) atoms. The molecule has 1 aromatic rings. The lowest BCUT2D eigenvalue weighted by Crippen LogP contribution is -2.41. The summed E-state index contributed by atoms with van der Waals surface area (Å²) in [6.07, 6.45) is 2.69. The highest BCUT2D eigenvalue weighted by molar-refractivity contribution is 6.30. The summed E-state index contributed by atoms with van der Waals surface area (Å²) in [5.41, 5.74) is 1.38. The van der Waals surface area contributed by atoms with Gasteiger partial charge in [0.15, 0.2) is 11.5 Å². The molecule has 4 unspecified atom stereocenters. The number of ketones is 1. The van der Waals surface area contributed by atoms with Crippen LogP contribution in [0.5, 0.6) is 0 Å². The highest BCUT2D eigenvalue weighted by Gasteiger charge is 2.52. The fourth-order valence-corrected chi connectivity index (χ4v) is 5.09. The summed E-state index contributed by atoms with van der Waals surface area (Å²) in [6.45, 7) is 1.41. The minimum Gasteiger partial charge on any atom is -0.483 e. The third kappa shape index (κ3) is 3.92. The Morgan fingerprint density at radius 2 is 1.90 bits per heavy atom. The van der Waals surface area contributed by atoms with E-state index < -0.39 is 6.04 Å². The van der Waals surface area contributed by atoms with E-state index in [1.165, 1.54) is 0 Å². The molecule has 3 aliphatic rings. The van der Waals surface area contributed by atoms with Crippen LogP contribution in [0, 0.1) is 5.92 Å². The molecule has 0 N–H and O–H groups in total. The maximum atomic E-state index is 13.5. The fourth-order valence-electron chi connectivity index (χ4n) is 4.64. The first-order valence-corrected chi connectivity index (χ1v) is 11.0. The Hall–Kier alpha value is -1.56. The number of amides is 1. The van der Waals surface area contributed by atoms with E-state index in [1.807, 2.05) is 26.2 Å². The van der Waals surface area contributed by atoms with Crippen LogP contribution in [-0.4, -0.2) is 60.2 Å². The average Bonchev–Trinajstić information content (AvgIpc) is 2.95. The standard InChI is InChI=1S/C22H26Cl2N2O3/c1-25(2)10-3-11-26-19(13-4-6-14(23)7-5-13)18-20(27)16-12-15(24)8-9-17(16)29-21(18)22(26)28/h4-7,15-17,19H,3,8-12H2,1-2H3. The Kier molecular flexibility index (Phi) is 5.92. The number of carbonyl (C=O) groups excluding carboxylic acids is 2. The quantitative estimate of drug-likeness (QED) is 0.658. The van der Waals surface area contributed by atoms with Crippen molar-refractivity contribution in [1.82, 2.24) is 9.80 Å². The van der Waals surface area contributed by atoms with E-state index in [0.29, 0.717) is 30.0 Å². The topological polar surface area (TPSA) is 49.9 Å². The lowest BCUT2D eigenvalue weighted by atomic mass is 9.77. The molecule has 0 radical (unpaired) electrons. The number of alkyl halides is 1. The molecule has 5 nitrogen and oxygen atoms in total. The second-order valence-corrected chi connectivity index (χ2v) is 9.44. The van der Waals surface area contributed by atoms with E-state index in [2.05, 4.69) is 4.90 Å². The number of Topliss-reactive ketones (excluding diaryl/α,β-unsaturated/α-hetero) is 1. The summed E-state index contributed by atoms with van der Waals surface area (Å²) in [6, 6.07) is 6.94. The van der Waals surface area contributed by atoms with Crippen LogP contribution in [0.1, 0.15) is 37.3 Å². The van der Waals surface area contributed by atoms with Crippen molar-refractivity contribution in [3.05, 3.63) is 46.2 Å². The predicted octanol–water partition coefficient (Wildman–Crippen LogP) is 3.80. The first-order valence-electron chi connectivity index (χ1n) is 10.2. The van der Waals surface area contributed by atoms with Crippen LogP contribution in [0.15, 0.2) is 35.6 Å². The minimum absolute atomic E-state index is 0.0185. The number of benzene rings is 1. The van der Waals surface area contributed by atoms with Gasteiger partial charge in [0.1, 0.15) is 6.10 Å². The van der Waals surface area contributed by atoms with E-state index in [-0.39, 0.29) is 34.8 Å². The molecule has 0 saturated heterocycles. The molecule has 156 valence electrons. The predicted molar refractivity (Wildman–Crippen MR) is 113 cm³/mol. The third-order valence-electron chi connectivity index (χ3n) is 6.07. The molecule has 1 amide bonds. The smallest absolute Gasteiger partial charge is 0.290 e. The highest BCUT2D eigenvalue weighted by atomic mass is 35.5. The van der Waals surface area contributed by atoms with Gasteiger partial charge < -0.3 is 14.5 Å². The second kappa shape index (κ2) is 8.29. The van der Waals surface area contributed by atoms with Gasteiger partial charge in [-0.1, -0.05) is 23.7 Å². The van der Waals surface area contributed by atoms with Crippen molar-refractivity contribution in [1.29, 1.82) is 0 Å². The van der Waals surface area contributed by atoms with E-state index in [9.17, 15) is 9.59 Å². The molecule has 1 fully saturated rings. The molecule has 2 heterocycles. The van der Waals surface area contributed by atoms with Crippen molar-refractivity contribution in [3.8, 4) is 0 Å². The second-order valence-electron chi connectivity index (χ2n) is 8.39. The van der Waals surface area contributed by atoms with Gasteiger partial charge in [-0.2, -0.15) is 0 Å². The summed E-state index contributed by atoms with van der Waals surface area (Å²) in [5, 5.41) is 0.600. The Bertz CT molecular complexity index is 837. The third-order valence-corrected chi connectivity index (χ3v) is 6.72. The van der Waals surface area contributed by atoms with Crippen molar-refractivity contribution >= 4 is 34.9 Å². The Labute approximate surface area is 181 Å². The molecule has 1 saturated carbocycles. The zero-order valence-corrected chi connectivity index (χ0v) is 18.2. The van der Waals surface area contributed by atoms with Gasteiger partial charge in [0.25, 0.3) is 5.91 Å². The molecule has 0 bridgehead atoms. The van der Waals surface area contributed by atoms with E-state index >= 15 is 0 Å². The lowest BCUT2D eigenvalue weighted by molar-refractivity contribution is -0.135. The van der Waals surface area contributed by atoms with Crippen molar-refractivity contribution in [2.45, 2.75) is 43.2 Å². The SMILES string of the molecule is CN(C)CCCN1C(=O)C2=C(C(=O)C3CC(Cl)CCC3O2)C1c1ccc(Cl)cc1. The van der Waals surface area contributed by atoms with Crippen LogP contribution in [0.2, 0.25) is 5.02 Å². The number of rotatable bonds is 5. The van der Waals surface area contributed by atoms with E-state index in [4.69, 9.17) is 27.9 Å². The normalized spacial score (nSPS) is 29.2. The summed E-state index contributed by atoms with van der Waals surface area (Å²) >= 11 is 12.4. The van der Waals surface area contributed by atoms with Gasteiger partial charge in [0.2, 0.25) is 0 Å². The zero-order valence-electron chi connectivity index (χ0n) is 16.7. The average molecular weight is 437 g/mol. The van der Waals surface area contributed by atoms with Gasteiger partial charge in [-0.15, -0.1) is 11.6 Å². The number of hydrogen-bond acceptors (Lipinski definition) is 4. The lowest BCUT2D eigenvalue weighted by Gasteiger charge is -2.37. The number of ether oxygens (including phenoxy) is 1. The maximum Gasteiger partial charge on any atom is 0.290 e. The van der Waals surface area contributed by atoms with Gasteiger partial charge in [-0.05, 0) is 64.0 Å². The number of carbonyl (C=O) groups is 2. The number of fused-ring (bicyclic) bond motifs is 1. The Morgan fingerprint density at radius 1 is 1.17 bits per heavy atom. The molecule has 0 aromatic heterocycles. The molecule has 7 heteroatoms. The summed E-state index contributed by atoms with van der Waals surface area (Å²) in [4.78, 5) is 30.6. The van der Waals surface area contributed by atoms with Gasteiger partial charge >= 0.3 is 0 Å². The summed E-state index contributed by atoms with van der Waals surface area (Å²) in [7, 11) is 4.01. The molecule has 1 aromatic carbocycles. The number of nitrogens with zero attached hydrogens (tertiary/aromatic N) is 2. The monoisotopic (exact) mass is 436 g/mol. The molecule has 0 spiro atoms. The Balaban J connectivity index is 1.70. The molecule has 4 rings (SSSR count). The van der Waals surface area contributed by atoms with Gasteiger partial charge in [-0.3, -0.25) is 9.59 Å². The summed E-state index contributed by atoms with van der Waals surface area (Å²) < 4.78 is 6.15. The van der Waals surface area contributed by atoms with Crippen LogP contribution in [0.3, 0.4) is 0 Å². The molecule has 4 atom stereocenters. The van der Waals surface area contributed by atoms with E-state index in [1.54, 1.807) is 17.0 Å². The molecule has 2 aliphatic heterocycles. The number of halogens is 2. The van der Waals surface area contributed by atoms with Crippen LogP contribution in [0.25, 0.3) is 0 Å². The maximum absolute atomic E-state index is 13.5. The van der Waals surface area contributed by atoms with Crippen LogP contribution < -0.4 is 0 Å². The van der Waals surface area contributed by atoms with Crippen molar-refractivity contribution < 1.29 is 14.3 Å². The Morgan fingerprint density at radius 3 is 2.59 bits per heavy atom. The first kappa shape index (κ1) is 20.7. The van der Waals surface area contributed by atoms with Crippen molar-refractivity contribution in [3.63, 3.8) is 0 Å². The first-order chi connectivity index (χ1) is 13.9. The molecular weight excluding hydrogens is 411 g/mol. The zero-order chi connectivity index (χ0) is 20.7. The number of hydrogen-bond donors (Lipinski definition) is 0. The van der Waals surface area contributed by atoms with Crippen LogP contribution in [0.4, 0.5) is 0 Å².